The van der Waals surface area contributed by atoms with Gasteiger partial charge < -0.3 is 20.3 Å². The maximum atomic E-state index is 12.1. The molecule has 2 atom stereocenters. The molecule has 0 saturated heterocycles. The number of aromatic nitrogens is 2. The molecule has 7 nitrogen and oxygen atoms in total. The van der Waals surface area contributed by atoms with Gasteiger partial charge in [-0.3, -0.25) is 4.79 Å². The number of carboxylic acids is 1. The van der Waals surface area contributed by atoms with E-state index in [2.05, 4.69) is 15.3 Å². The first-order valence-electron chi connectivity index (χ1n) is 5.76. The van der Waals surface area contributed by atoms with Gasteiger partial charge in [0.15, 0.2) is 0 Å². The molecule has 1 aromatic heterocycles. The number of likely N-dealkylation sites (N-methyl/N-ethyl adjacent to an activating group) is 1. The zero-order valence-electron chi connectivity index (χ0n) is 10.3. The lowest BCUT2D eigenvalue weighted by Gasteiger charge is -2.34. The molecule has 0 bridgehead atoms. The third-order valence-corrected chi connectivity index (χ3v) is 3.27. The molecule has 1 aliphatic heterocycles. The number of carboxylic acid groups (broad SMARTS) is 1. The van der Waals surface area contributed by atoms with Crippen molar-refractivity contribution in [3.05, 3.63) is 17.7 Å². The van der Waals surface area contributed by atoms with Crippen LogP contribution in [0.15, 0.2) is 6.33 Å². The third-order valence-electron chi connectivity index (χ3n) is 3.27. The van der Waals surface area contributed by atoms with Crippen molar-refractivity contribution < 1.29 is 14.7 Å². The minimum absolute atomic E-state index is 0.217. The quantitative estimate of drug-likeness (QED) is 0.664. The van der Waals surface area contributed by atoms with Crippen molar-refractivity contribution in [2.24, 2.45) is 0 Å². The summed E-state index contributed by atoms with van der Waals surface area (Å²) in [5.41, 5.74) is 1.53. The Kier molecular flexibility index (Phi) is 3.33. The van der Waals surface area contributed by atoms with Crippen LogP contribution in [0.1, 0.15) is 18.3 Å². The molecule has 0 aromatic carbocycles. The van der Waals surface area contributed by atoms with Crippen LogP contribution in [0.25, 0.3) is 0 Å². The van der Waals surface area contributed by atoms with E-state index in [9.17, 15) is 14.7 Å². The van der Waals surface area contributed by atoms with Crippen LogP contribution in [0, 0.1) is 0 Å². The number of aromatic amines is 1. The Morgan fingerprint density at radius 2 is 2.39 bits per heavy atom. The second-order valence-corrected chi connectivity index (χ2v) is 4.36. The summed E-state index contributed by atoms with van der Waals surface area (Å²) >= 11 is 0. The molecule has 1 aliphatic rings. The van der Waals surface area contributed by atoms with Crippen LogP contribution in [0.2, 0.25) is 0 Å². The first-order valence-corrected chi connectivity index (χ1v) is 5.76. The highest BCUT2D eigenvalue weighted by molar-refractivity contribution is 5.87. The van der Waals surface area contributed by atoms with Crippen molar-refractivity contribution in [1.29, 1.82) is 0 Å². The molecule has 0 spiro atoms. The summed E-state index contributed by atoms with van der Waals surface area (Å²) in [6.07, 6.45) is 1.77. The van der Waals surface area contributed by atoms with E-state index < -0.39 is 18.1 Å². The summed E-state index contributed by atoms with van der Waals surface area (Å²) in [5, 5.41) is 12.1. The first-order chi connectivity index (χ1) is 8.54. The second-order valence-electron chi connectivity index (χ2n) is 4.36. The van der Waals surface area contributed by atoms with Crippen molar-refractivity contribution in [2.45, 2.75) is 32.0 Å². The fourth-order valence-corrected chi connectivity index (χ4v) is 2.06. The maximum absolute atomic E-state index is 12.1. The second kappa shape index (κ2) is 4.77. The number of H-pyrrole nitrogens is 1. The highest BCUT2D eigenvalue weighted by Gasteiger charge is 2.37. The average molecular weight is 252 g/mol. The van der Waals surface area contributed by atoms with Gasteiger partial charge in [-0.05, 0) is 14.0 Å². The van der Waals surface area contributed by atoms with Gasteiger partial charge in [0, 0.05) is 6.42 Å². The van der Waals surface area contributed by atoms with E-state index in [1.807, 2.05) is 0 Å². The molecule has 7 heteroatoms. The molecule has 98 valence electrons. The van der Waals surface area contributed by atoms with Crippen molar-refractivity contribution in [3.8, 4) is 0 Å². The smallest absolute Gasteiger partial charge is 0.326 e. The molecule has 0 aliphatic carbocycles. The molecule has 1 amide bonds. The number of amides is 1. The predicted octanol–water partition coefficient (Wildman–Crippen LogP) is -0.644. The van der Waals surface area contributed by atoms with Crippen LogP contribution in [0.3, 0.4) is 0 Å². The number of hydrogen-bond acceptors (Lipinski definition) is 4. The van der Waals surface area contributed by atoms with E-state index >= 15 is 0 Å². The van der Waals surface area contributed by atoms with Gasteiger partial charge in [0.05, 0.1) is 30.3 Å². The van der Waals surface area contributed by atoms with E-state index in [0.29, 0.717) is 0 Å². The number of nitrogens with one attached hydrogen (secondary N) is 2. The summed E-state index contributed by atoms with van der Waals surface area (Å²) in [5.74, 6) is -1.22. The van der Waals surface area contributed by atoms with Gasteiger partial charge in [-0.25, -0.2) is 9.78 Å². The minimum atomic E-state index is -1.000. The SMILES string of the molecule is CNC(C)C(=O)N1Cc2[nH]cnc2CC1C(=O)O. The van der Waals surface area contributed by atoms with Gasteiger partial charge in [-0.15, -0.1) is 0 Å². The molecule has 18 heavy (non-hydrogen) atoms. The summed E-state index contributed by atoms with van der Waals surface area (Å²) in [6.45, 7) is 1.97. The Labute approximate surface area is 104 Å². The van der Waals surface area contributed by atoms with Crippen LogP contribution < -0.4 is 5.32 Å². The largest absolute Gasteiger partial charge is 0.480 e. The summed E-state index contributed by atoms with van der Waals surface area (Å²) in [7, 11) is 1.67. The normalized spacial score (nSPS) is 20.3. The van der Waals surface area contributed by atoms with Gasteiger partial charge in [-0.1, -0.05) is 0 Å². The lowest BCUT2D eigenvalue weighted by molar-refractivity contribution is -0.152. The van der Waals surface area contributed by atoms with Gasteiger partial charge in [-0.2, -0.15) is 0 Å². The third kappa shape index (κ3) is 2.08. The van der Waals surface area contributed by atoms with Gasteiger partial charge in [0.2, 0.25) is 5.91 Å². The van der Waals surface area contributed by atoms with Crippen LogP contribution in [-0.4, -0.2) is 51.0 Å². The number of carbonyl (C=O) groups is 2. The van der Waals surface area contributed by atoms with Crippen molar-refractivity contribution in [2.75, 3.05) is 7.05 Å². The number of imidazole rings is 1. The Hall–Kier alpha value is -1.89. The van der Waals surface area contributed by atoms with Crippen LogP contribution in [0.4, 0.5) is 0 Å². The topological polar surface area (TPSA) is 98.3 Å². The molecule has 2 rings (SSSR count). The Bertz CT molecular complexity index is 471. The van der Waals surface area contributed by atoms with Crippen molar-refractivity contribution in [1.82, 2.24) is 20.2 Å². The molecule has 0 radical (unpaired) electrons. The molecule has 2 heterocycles. The number of rotatable bonds is 3. The Morgan fingerprint density at radius 1 is 1.67 bits per heavy atom. The van der Waals surface area contributed by atoms with Crippen molar-refractivity contribution >= 4 is 11.9 Å². The standard InChI is InChI=1S/C11H16N4O3/c1-6(12-2)10(16)15-4-8-7(13-5-14-8)3-9(15)11(17)18/h5-6,9,12H,3-4H2,1-2H3,(H,13,14)(H,17,18). The highest BCUT2D eigenvalue weighted by Crippen LogP contribution is 2.21. The number of aliphatic carboxylic acids is 1. The Balaban J connectivity index is 2.27. The minimum Gasteiger partial charge on any atom is -0.480 e. The van der Waals surface area contributed by atoms with Gasteiger partial charge in [0.25, 0.3) is 0 Å². The monoisotopic (exact) mass is 252 g/mol. The number of nitrogens with zero attached hydrogens (tertiary/aromatic N) is 2. The maximum Gasteiger partial charge on any atom is 0.326 e. The van der Waals surface area contributed by atoms with E-state index in [4.69, 9.17) is 0 Å². The number of hydrogen-bond donors (Lipinski definition) is 3. The first kappa shape index (κ1) is 12.6. The average Bonchev–Trinajstić information content (AvgIpc) is 2.82. The van der Waals surface area contributed by atoms with E-state index in [0.717, 1.165) is 11.4 Å². The lowest BCUT2D eigenvalue weighted by atomic mass is 10.0. The van der Waals surface area contributed by atoms with Gasteiger partial charge >= 0.3 is 5.97 Å². The summed E-state index contributed by atoms with van der Waals surface area (Å²) in [6, 6.07) is -1.25. The van der Waals surface area contributed by atoms with Crippen LogP contribution in [0.5, 0.6) is 0 Å². The molecule has 2 unspecified atom stereocenters. The zero-order chi connectivity index (χ0) is 13.3. The summed E-state index contributed by atoms with van der Waals surface area (Å²) in [4.78, 5) is 31.8. The molecule has 0 fully saturated rings. The lowest BCUT2D eigenvalue weighted by Crippen LogP contribution is -2.53. The highest BCUT2D eigenvalue weighted by atomic mass is 16.4. The Morgan fingerprint density at radius 3 is 3.00 bits per heavy atom. The van der Waals surface area contributed by atoms with Crippen molar-refractivity contribution in [3.63, 3.8) is 0 Å². The summed E-state index contributed by atoms with van der Waals surface area (Å²) < 4.78 is 0. The van der Waals surface area contributed by atoms with E-state index in [1.165, 1.54) is 11.2 Å². The van der Waals surface area contributed by atoms with Gasteiger partial charge in [0.1, 0.15) is 6.04 Å². The fourth-order valence-electron chi connectivity index (χ4n) is 2.06. The number of carbonyl (C=O) groups excluding carboxylic acids is 1. The molecule has 3 N–H and O–H groups in total. The van der Waals surface area contributed by atoms with E-state index in [-0.39, 0.29) is 18.9 Å². The molecule has 0 saturated carbocycles. The van der Waals surface area contributed by atoms with E-state index in [1.54, 1.807) is 14.0 Å². The molecule has 1 aromatic rings. The predicted molar refractivity (Wildman–Crippen MR) is 62.8 cm³/mol. The molecular weight excluding hydrogens is 236 g/mol. The zero-order valence-corrected chi connectivity index (χ0v) is 10.3. The van der Waals surface area contributed by atoms with Crippen LogP contribution >= 0.6 is 0 Å². The van der Waals surface area contributed by atoms with Crippen LogP contribution in [-0.2, 0) is 22.6 Å². The molecular formula is C11H16N4O3. The number of fused-ring (bicyclic) bond motifs is 1. The fraction of sp³-hybridized carbons (Fsp3) is 0.545.